The van der Waals surface area contributed by atoms with Crippen molar-refractivity contribution < 1.29 is 24.2 Å². The maximum atomic E-state index is 12.5. The molecule has 2 N–H and O–H groups in total. The van der Waals surface area contributed by atoms with E-state index < -0.39 is 41.3 Å². The SMILES string of the molecule is CC(C)(C)OC(=O)N1C[C@@H](n2ccc(NC(=O)c3ccccc3)nc2=O)C[C@H]1C(=O)O. The number of hydrogen-bond donors (Lipinski definition) is 2. The van der Waals surface area contributed by atoms with Crippen LogP contribution in [-0.2, 0) is 9.53 Å². The first kappa shape index (κ1) is 22.0. The number of nitrogens with zero attached hydrogens (tertiary/aromatic N) is 3. The molecule has 0 spiro atoms. The largest absolute Gasteiger partial charge is 0.480 e. The fourth-order valence-corrected chi connectivity index (χ4v) is 3.31. The van der Waals surface area contributed by atoms with Crippen LogP contribution in [0.15, 0.2) is 47.4 Å². The Kier molecular flexibility index (Phi) is 6.09. The topological polar surface area (TPSA) is 131 Å². The van der Waals surface area contributed by atoms with Crippen LogP contribution >= 0.6 is 0 Å². The number of anilines is 1. The van der Waals surface area contributed by atoms with E-state index in [1.807, 2.05) is 0 Å². The normalized spacial score (nSPS) is 18.5. The van der Waals surface area contributed by atoms with Crippen LogP contribution in [0.4, 0.5) is 10.6 Å². The lowest BCUT2D eigenvalue weighted by atomic mass is 10.1. The molecule has 0 aliphatic carbocycles. The van der Waals surface area contributed by atoms with Crippen LogP contribution in [0.5, 0.6) is 0 Å². The van der Waals surface area contributed by atoms with Crippen LogP contribution in [0.3, 0.4) is 0 Å². The van der Waals surface area contributed by atoms with E-state index in [4.69, 9.17) is 4.74 Å². The molecule has 1 aromatic heterocycles. The number of carbonyl (C=O) groups is 3. The van der Waals surface area contributed by atoms with E-state index in [0.29, 0.717) is 5.56 Å². The minimum absolute atomic E-state index is 0.0107. The van der Waals surface area contributed by atoms with Gasteiger partial charge in [-0.3, -0.25) is 14.3 Å². The maximum absolute atomic E-state index is 12.5. The number of nitrogens with one attached hydrogen (secondary N) is 1. The standard InChI is InChI=1S/C21H24N4O6/c1-21(2,3)31-20(30)25-12-14(11-15(25)18(27)28)24-10-9-16(23-19(24)29)22-17(26)13-7-5-4-6-8-13/h4-10,14-15H,11-12H2,1-3H3,(H,27,28)(H,22,23,26,29)/t14-,15-/m0/s1. The van der Waals surface area contributed by atoms with Crippen molar-refractivity contribution in [1.82, 2.24) is 14.5 Å². The molecule has 2 heterocycles. The van der Waals surface area contributed by atoms with Crippen LogP contribution in [0, 0.1) is 0 Å². The summed E-state index contributed by atoms with van der Waals surface area (Å²) in [6.45, 7) is 5.05. The Balaban J connectivity index is 1.76. The van der Waals surface area contributed by atoms with Gasteiger partial charge in [0, 0.05) is 24.7 Å². The number of benzene rings is 1. The molecule has 10 nitrogen and oxygen atoms in total. The van der Waals surface area contributed by atoms with Crippen LogP contribution < -0.4 is 11.0 Å². The summed E-state index contributed by atoms with van der Waals surface area (Å²) in [5, 5.41) is 12.1. The highest BCUT2D eigenvalue weighted by molar-refractivity contribution is 6.03. The fraction of sp³-hybridized carbons (Fsp3) is 0.381. The molecule has 0 saturated carbocycles. The van der Waals surface area contributed by atoms with E-state index in [1.165, 1.54) is 16.8 Å². The molecular formula is C21H24N4O6. The Morgan fingerprint density at radius 3 is 2.42 bits per heavy atom. The van der Waals surface area contributed by atoms with Gasteiger partial charge in [0.25, 0.3) is 5.91 Å². The predicted molar refractivity (Wildman–Crippen MR) is 111 cm³/mol. The summed E-state index contributed by atoms with van der Waals surface area (Å²) in [6, 6.07) is 8.22. The van der Waals surface area contributed by atoms with Crippen molar-refractivity contribution in [3.8, 4) is 0 Å². The molecule has 31 heavy (non-hydrogen) atoms. The number of carbonyl (C=O) groups excluding carboxylic acids is 2. The van der Waals surface area contributed by atoms with E-state index >= 15 is 0 Å². The van der Waals surface area contributed by atoms with Crippen LogP contribution in [0.1, 0.15) is 43.6 Å². The Hall–Kier alpha value is -3.69. The van der Waals surface area contributed by atoms with E-state index in [9.17, 15) is 24.3 Å². The highest BCUT2D eigenvalue weighted by Crippen LogP contribution is 2.28. The highest BCUT2D eigenvalue weighted by atomic mass is 16.6. The molecule has 0 radical (unpaired) electrons. The Bertz CT molecular complexity index is 1040. The number of aliphatic carboxylic acids is 1. The summed E-state index contributed by atoms with van der Waals surface area (Å²) in [7, 11) is 0. The average molecular weight is 428 g/mol. The van der Waals surface area contributed by atoms with Gasteiger partial charge in [0.15, 0.2) is 0 Å². The van der Waals surface area contributed by atoms with Crippen LogP contribution in [0.2, 0.25) is 0 Å². The van der Waals surface area contributed by atoms with Gasteiger partial charge in [0.2, 0.25) is 0 Å². The molecule has 0 unspecified atom stereocenters. The Morgan fingerprint density at radius 2 is 1.84 bits per heavy atom. The van der Waals surface area contributed by atoms with E-state index in [-0.39, 0.29) is 18.8 Å². The van der Waals surface area contributed by atoms with Gasteiger partial charge < -0.3 is 15.2 Å². The number of amides is 2. The van der Waals surface area contributed by atoms with Crippen molar-refractivity contribution in [1.29, 1.82) is 0 Å². The molecule has 2 aromatic rings. The highest BCUT2D eigenvalue weighted by Gasteiger charge is 2.42. The monoisotopic (exact) mass is 428 g/mol. The summed E-state index contributed by atoms with van der Waals surface area (Å²) >= 11 is 0. The number of carboxylic acids is 1. The van der Waals surface area contributed by atoms with Gasteiger partial charge >= 0.3 is 17.8 Å². The summed E-state index contributed by atoms with van der Waals surface area (Å²) in [6.07, 6.45) is 0.708. The second-order valence-electron chi connectivity index (χ2n) is 8.20. The second kappa shape index (κ2) is 8.58. The number of aromatic nitrogens is 2. The molecule has 1 aliphatic rings. The number of carboxylic acid groups (broad SMARTS) is 1. The summed E-state index contributed by atoms with van der Waals surface area (Å²) in [4.78, 5) is 53.9. The molecule has 0 bridgehead atoms. The zero-order valence-electron chi connectivity index (χ0n) is 17.4. The molecule has 2 amide bonds. The van der Waals surface area contributed by atoms with Crippen molar-refractivity contribution in [3.63, 3.8) is 0 Å². The minimum Gasteiger partial charge on any atom is -0.480 e. The average Bonchev–Trinajstić information content (AvgIpc) is 3.13. The lowest BCUT2D eigenvalue weighted by Crippen LogP contribution is -2.43. The molecule has 1 aliphatic heterocycles. The lowest BCUT2D eigenvalue weighted by Gasteiger charge is -2.26. The van der Waals surface area contributed by atoms with E-state index in [1.54, 1.807) is 51.1 Å². The van der Waals surface area contributed by atoms with Crippen molar-refractivity contribution in [2.45, 2.75) is 44.9 Å². The predicted octanol–water partition coefficient (Wildman–Crippen LogP) is 2.13. The van der Waals surface area contributed by atoms with Crippen molar-refractivity contribution in [3.05, 3.63) is 58.6 Å². The maximum Gasteiger partial charge on any atom is 0.411 e. The fourth-order valence-electron chi connectivity index (χ4n) is 3.31. The first-order valence-electron chi connectivity index (χ1n) is 9.73. The number of hydrogen-bond acceptors (Lipinski definition) is 6. The van der Waals surface area contributed by atoms with Gasteiger partial charge in [-0.05, 0) is 39.0 Å². The molecule has 1 saturated heterocycles. The number of ether oxygens (including phenoxy) is 1. The van der Waals surface area contributed by atoms with Crippen molar-refractivity contribution in [2.24, 2.45) is 0 Å². The molecule has 1 fully saturated rings. The van der Waals surface area contributed by atoms with Crippen LogP contribution in [0.25, 0.3) is 0 Å². The van der Waals surface area contributed by atoms with Gasteiger partial charge in [0.05, 0.1) is 6.04 Å². The third kappa shape index (κ3) is 5.27. The van der Waals surface area contributed by atoms with Gasteiger partial charge in [-0.15, -0.1) is 0 Å². The third-order valence-corrected chi connectivity index (χ3v) is 4.69. The Morgan fingerprint density at radius 1 is 1.16 bits per heavy atom. The van der Waals surface area contributed by atoms with Crippen LogP contribution in [-0.4, -0.2) is 55.7 Å². The van der Waals surface area contributed by atoms with E-state index in [0.717, 1.165) is 4.90 Å². The Labute approximate surface area is 178 Å². The molecule has 1 aromatic carbocycles. The van der Waals surface area contributed by atoms with Gasteiger partial charge in [0.1, 0.15) is 17.5 Å². The molecular weight excluding hydrogens is 404 g/mol. The molecule has 2 atom stereocenters. The number of rotatable bonds is 4. The lowest BCUT2D eigenvalue weighted by molar-refractivity contribution is -0.142. The van der Waals surface area contributed by atoms with Gasteiger partial charge in [-0.1, -0.05) is 18.2 Å². The zero-order chi connectivity index (χ0) is 22.8. The smallest absolute Gasteiger partial charge is 0.411 e. The first-order valence-corrected chi connectivity index (χ1v) is 9.73. The second-order valence-corrected chi connectivity index (χ2v) is 8.20. The van der Waals surface area contributed by atoms with Crippen molar-refractivity contribution in [2.75, 3.05) is 11.9 Å². The summed E-state index contributed by atoms with van der Waals surface area (Å²) < 4.78 is 6.56. The van der Waals surface area contributed by atoms with Gasteiger partial charge in [-0.25, -0.2) is 14.4 Å². The zero-order valence-corrected chi connectivity index (χ0v) is 17.4. The molecule has 164 valence electrons. The molecule has 3 rings (SSSR count). The minimum atomic E-state index is -1.18. The summed E-state index contributed by atoms with van der Waals surface area (Å²) in [5.74, 6) is -1.51. The van der Waals surface area contributed by atoms with Crippen molar-refractivity contribution >= 4 is 23.8 Å². The quantitative estimate of drug-likeness (QED) is 0.763. The molecule has 10 heteroatoms. The summed E-state index contributed by atoms with van der Waals surface area (Å²) in [5.41, 5.74) is -1.03. The van der Waals surface area contributed by atoms with E-state index in [2.05, 4.69) is 10.3 Å². The first-order chi connectivity index (χ1) is 14.5. The third-order valence-electron chi connectivity index (χ3n) is 4.69. The van der Waals surface area contributed by atoms with Gasteiger partial charge in [-0.2, -0.15) is 4.98 Å². The number of likely N-dealkylation sites (tertiary alicyclic amines) is 1.